The van der Waals surface area contributed by atoms with Crippen LogP contribution in [0.4, 0.5) is 0 Å². The fourth-order valence-corrected chi connectivity index (χ4v) is 1.58. The Morgan fingerprint density at radius 1 is 1.31 bits per heavy atom. The Morgan fingerprint density at radius 3 is 2.69 bits per heavy atom. The highest BCUT2D eigenvalue weighted by atomic mass is 16.3. The molecule has 0 fully saturated rings. The van der Waals surface area contributed by atoms with Gasteiger partial charge in [0.15, 0.2) is 0 Å². The molecule has 2 rings (SSSR count). The van der Waals surface area contributed by atoms with Gasteiger partial charge in [0.05, 0.1) is 6.10 Å². The third kappa shape index (κ3) is 2.64. The molecule has 0 aromatic carbocycles. The van der Waals surface area contributed by atoms with Crippen molar-refractivity contribution in [3.63, 3.8) is 0 Å². The fraction of sp³-hybridized carbons (Fsp3) is 0.364. The van der Waals surface area contributed by atoms with Gasteiger partial charge in [-0.25, -0.2) is 4.98 Å². The van der Waals surface area contributed by atoms with E-state index in [-0.39, 0.29) is 0 Å². The Bertz CT molecular complexity index is 440. The Balaban J connectivity index is 1.95. The number of rotatable bonds is 4. The van der Waals surface area contributed by atoms with Gasteiger partial charge in [0.25, 0.3) is 0 Å². The van der Waals surface area contributed by atoms with Crippen LogP contribution in [0.15, 0.2) is 30.9 Å². The molecule has 1 N–H and O–H groups in total. The minimum atomic E-state index is -0.440. The molecular weight excluding hydrogens is 204 g/mol. The molecule has 0 spiro atoms. The molecule has 5 heteroatoms. The lowest BCUT2D eigenvalue weighted by molar-refractivity contribution is 0.171. The van der Waals surface area contributed by atoms with Crippen LogP contribution < -0.4 is 0 Å². The maximum Gasteiger partial charge on any atom is 0.138 e. The molecule has 0 amide bonds. The van der Waals surface area contributed by atoms with Gasteiger partial charge in [0.2, 0.25) is 0 Å². The van der Waals surface area contributed by atoms with E-state index in [0.29, 0.717) is 12.8 Å². The number of aryl methyl sites for hydroxylation is 1. The van der Waals surface area contributed by atoms with Gasteiger partial charge in [-0.15, -0.1) is 0 Å². The van der Waals surface area contributed by atoms with Crippen molar-refractivity contribution in [1.29, 1.82) is 0 Å². The highest BCUT2D eigenvalue weighted by molar-refractivity contribution is 5.11. The van der Waals surface area contributed by atoms with Crippen LogP contribution in [0, 0.1) is 0 Å². The van der Waals surface area contributed by atoms with Crippen molar-refractivity contribution in [2.75, 3.05) is 0 Å². The zero-order valence-corrected chi connectivity index (χ0v) is 9.11. The molecule has 16 heavy (non-hydrogen) atoms. The molecule has 1 atom stereocenters. The predicted molar refractivity (Wildman–Crippen MR) is 58.7 cm³/mol. The standard InChI is InChI=1S/C11H14N4O/c1-15-11(13-8-14-15)7-10(16)6-9-2-4-12-5-3-9/h2-5,8,10,16H,6-7H2,1H3. The largest absolute Gasteiger partial charge is 0.392 e. The summed E-state index contributed by atoms with van der Waals surface area (Å²) in [6, 6.07) is 3.81. The minimum absolute atomic E-state index is 0.440. The zero-order chi connectivity index (χ0) is 11.4. The first-order chi connectivity index (χ1) is 7.75. The van der Waals surface area contributed by atoms with Crippen molar-refractivity contribution >= 4 is 0 Å². The van der Waals surface area contributed by atoms with E-state index in [1.54, 1.807) is 17.1 Å². The summed E-state index contributed by atoms with van der Waals surface area (Å²) in [6.07, 6.45) is 5.63. The van der Waals surface area contributed by atoms with Crippen LogP contribution >= 0.6 is 0 Å². The SMILES string of the molecule is Cn1ncnc1CC(O)Cc1ccncc1. The number of hydrogen-bond donors (Lipinski definition) is 1. The Morgan fingerprint density at radius 2 is 2.06 bits per heavy atom. The molecule has 0 radical (unpaired) electrons. The maximum atomic E-state index is 9.90. The quantitative estimate of drug-likeness (QED) is 0.804. The summed E-state index contributed by atoms with van der Waals surface area (Å²) in [6.45, 7) is 0. The molecule has 0 aliphatic heterocycles. The summed E-state index contributed by atoms with van der Waals surface area (Å²) in [5.74, 6) is 0.793. The second-order valence-corrected chi connectivity index (χ2v) is 3.72. The van der Waals surface area contributed by atoms with Crippen LogP contribution in [0.3, 0.4) is 0 Å². The van der Waals surface area contributed by atoms with Crippen molar-refractivity contribution in [2.24, 2.45) is 7.05 Å². The molecule has 84 valence electrons. The smallest absolute Gasteiger partial charge is 0.138 e. The number of pyridine rings is 1. The molecule has 2 heterocycles. The van der Waals surface area contributed by atoms with Gasteiger partial charge in [0, 0.05) is 25.9 Å². The van der Waals surface area contributed by atoms with E-state index in [1.807, 2.05) is 19.2 Å². The maximum absolute atomic E-state index is 9.90. The van der Waals surface area contributed by atoms with E-state index in [9.17, 15) is 5.11 Å². The van der Waals surface area contributed by atoms with Crippen molar-refractivity contribution in [2.45, 2.75) is 18.9 Å². The van der Waals surface area contributed by atoms with Crippen molar-refractivity contribution in [1.82, 2.24) is 19.7 Å². The molecule has 0 aliphatic carbocycles. The Hall–Kier alpha value is -1.75. The summed E-state index contributed by atoms with van der Waals surface area (Å²) < 4.78 is 1.68. The van der Waals surface area contributed by atoms with Crippen molar-refractivity contribution in [3.05, 3.63) is 42.2 Å². The van der Waals surface area contributed by atoms with Crippen LogP contribution in [-0.2, 0) is 19.9 Å². The van der Waals surface area contributed by atoms with Crippen molar-refractivity contribution < 1.29 is 5.11 Å². The van der Waals surface area contributed by atoms with E-state index in [4.69, 9.17) is 0 Å². The lowest BCUT2D eigenvalue weighted by Gasteiger charge is -2.09. The molecule has 0 bridgehead atoms. The van der Waals surface area contributed by atoms with Crippen LogP contribution in [0.25, 0.3) is 0 Å². The van der Waals surface area contributed by atoms with Gasteiger partial charge in [-0.2, -0.15) is 5.10 Å². The number of hydrogen-bond acceptors (Lipinski definition) is 4. The summed E-state index contributed by atoms with van der Waals surface area (Å²) in [5.41, 5.74) is 1.07. The van der Waals surface area contributed by atoms with Gasteiger partial charge >= 0.3 is 0 Å². The Kier molecular flexibility index (Phi) is 3.26. The van der Waals surface area contributed by atoms with Gasteiger partial charge in [-0.1, -0.05) is 0 Å². The van der Waals surface area contributed by atoms with Gasteiger partial charge in [-0.05, 0) is 24.1 Å². The van der Waals surface area contributed by atoms with E-state index < -0.39 is 6.10 Å². The van der Waals surface area contributed by atoms with E-state index in [0.717, 1.165) is 11.4 Å². The summed E-state index contributed by atoms with van der Waals surface area (Å²) in [4.78, 5) is 8.01. The normalized spacial score (nSPS) is 12.6. The average molecular weight is 218 g/mol. The second-order valence-electron chi connectivity index (χ2n) is 3.72. The molecule has 0 saturated carbocycles. The van der Waals surface area contributed by atoms with Crippen LogP contribution in [-0.4, -0.2) is 31.0 Å². The molecule has 2 aromatic heterocycles. The average Bonchev–Trinajstić information content (AvgIpc) is 2.66. The highest BCUT2D eigenvalue weighted by Gasteiger charge is 2.10. The van der Waals surface area contributed by atoms with E-state index in [1.165, 1.54) is 6.33 Å². The molecule has 2 aromatic rings. The topological polar surface area (TPSA) is 63.8 Å². The number of aliphatic hydroxyl groups excluding tert-OH is 1. The van der Waals surface area contributed by atoms with E-state index in [2.05, 4.69) is 15.1 Å². The van der Waals surface area contributed by atoms with Crippen molar-refractivity contribution in [3.8, 4) is 0 Å². The molecule has 5 nitrogen and oxygen atoms in total. The predicted octanol–water partition coefficient (Wildman–Crippen LogP) is 0.356. The molecule has 1 unspecified atom stereocenters. The lowest BCUT2D eigenvalue weighted by atomic mass is 10.1. The van der Waals surface area contributed by atoms with Gasteiger partial charge < -0.3 is 5.11 Å². The van der Waals surface area contributed by atoms with Gasteiger partial charge in [0.1, 0.15) is 12.2 Å². The molecule has 0 saturated heterocycles. The third-order valence-corrected chi connectivity index (χ3v) is 2.44. The molecular formula is C11H14N4O. The summed E-state index contributed by atoms with van der Waals surface area (Å²) in [7, 11) is 1.82. The first-order valence-corrected chi connectivity index (χ1v) is 5.15. The fourth-order valence-electron chi connectivity index (χ4n) is 1.58. The minimum Gasteiger partial charge on any atom is -0.392 e. The van der Waals surface area contributed by atoms with Gasteiger partial charge in [-0.3, -0.25) is 9.67 Å². The molecule has 0 aliphatic rings. The summed E-state index contributed by atoms with van der Waals surface area (Å²) >= 11 is 0. The zero-order valence-electron chi connectivity index (χ0n) is 9.11. The lowest BCUT2D eigenvalue weighted by Crippen LogP contribution is -2.16. The number of aliphatic hydroxyl groups is 1. The van der Waals surface area contributed by atoms with Crippen LogP contribution in [0.5, 0.6) is 0 Å². The first kappa shape index (κ1) is 10.8. The third-order valence-electron chi connectivity index (χ3n) is 2.44. The Labute approximate surface area is 93.8 Å². The van der Waals surface area contributed by atoms with Crippen LogP contribution in [0.2, 0.25) is 0 Å². The first-order valence-electron chi connectivity index (χ1n) is 5.15. The second kappa shape index (κ2) is 4.85. The number of aromatic nitrogens is 4. The monoisotopic (exact) mass is 218 g/mol. The van der Waals surface area contributed by atoms with E-state index >= 15 is 0 Å². The van der Waals surface area contributed by atoms with Crippen LogP contribution in [0.1, 0.15) is 11.4 Å². The summed E-state index contributed by atoms with van der Waals surface area (Å²) in [5, 5.41) is 13.9. The highest BCUT2D eigenvalue weighted by Crippen LogP contribution is 2.05. The number of nitrogens with zero attached hydrogens (tertiary/aromatic N) is 4.